The predicted molar refractivity (Wildman–Crippen MR) is 138 cm³/mol. The van der Waals surface area contributed by atoms with Gasteiger partial charge >= 0.3 is 7.12 Å². The molecule has 0 bridgehead atoms. The molecule has 1 aliphatic heterocycles. The second-order valence-electron chi connectivity index (χ2n) is 9.75. The molecule has 176 valence electrons. The fourth-order valence-electron chi connectivity index (χ4n) is 3.81. The van der Waals surface area contributed by atoms with Crippen LogP contribution in [0.25, 0.3) is 11.1 Å². The number of pyridine rings is 1. The fraction of sp³-hybridized carbons (Fsp3) is 0.333. The molecule has 1 aromatic heterocycles. The van der Waals surface area contributed by atoms with Crippen LogP contribution in [0.1, 0.15) is 57.1 Å². The van der Waals surface area contributed by atoms with Gasteiger partial charge in [-0.15, -0.1) is 0 Å². The SMILES string of the molecule is CCCc1ccc(C(=O)Nc2cc(-c3ccc(B4OC(C)(C)C(C)(C)O4)cc3)ccc2N)cn1. The van der Waals surface area contributed by atoms with Gasteiger partial charge in [0.05, 0.1) is 28.1 Å². The van der Waals surface area contributed by atoms with Crippen LogP contribution in [0.4, 0.5) is 11.4 Å². The molecule has 4 rings (SSSR count). The lowest BCUT2D eigenvalue weighted by Crippen LogP contribution is -2.41. The monoisotopic (exact) mass is 457 g/mol. The summed E-state index contributed by atoms with van der Waals surface area (Å²) in [7, 11) is -0.405. The highest BCUT2D eigenvalue weighted by molar-refractivity contribution is 6.62. The minimum absolute atomic E-state index is 0.240. The third kappa shape index (κ3) is 4.86. The van der Waals surface area contributed by atoms with Gasteiger partial charge in [-0.05, 0) is 75.0 Å². The Labute approximate surface area is 202 Å². The molecule has 1 amide bonds. The lowest BCUT2D eigenvalue weighted by Gasteiger charge is -2.32. The molecule has 6 nitrogen and oxygen atoms in total. The Bertz CT molecular complexity index is 1160. The third-order valence-corrected chi connectivity index (χ3v) is 6.66. The van der Waals surface area contributed by atoms with E-state index in [1.165, 1.54) is 0 Å². The average molecular weight is 457 g/mol. The molecule has 2 aromatic carbocycles. The number of aromatic nitrogens is 1. The third-order valence-electron chi connectivity index (χ3n) is 6.66. The number of anilines is 2. The zero-order valence-electron chi connectivity index (χ0n) is 20.5. The van der Waals surface area contributed by atoms with Crippen molar-refractivity contribution in [2.75, 3.05) is 11.1 Å². The van der Waals surface area contributed by atoms with Gasteiger partial charge < -0.3 is 20.4 Å². The molecule has 7 heteroatoms. The van der Waals surface area contributed by atoms with Crippen LogP contribution in [0.3, 0.4) is 0 Å². The largest absolute Gasteiger partial charge is 0.494 e. The van der Waals surface area contributed by atoms with E-state index in [-0.39, 0.29) is 17.1 Å². The van der Waals surface area contributed by atoms with E-state index in [0.717, 1.165) is 35.1 Å². The number of rotatable bonds is 6. The first-order chi connectivity index (χ1) is 16.1. The van der Waals surface area contributed by atoms with Crippen molar-refractivity contribution in [1.82, 2.24) is 4.98 Å². The number of hydrogen-bond donors (Lipinski definition) is 2. The van der Waals surface area contributed by atoms with Crippen LogP contribution in [0.2, 0.25) is 0 Å². The number of nitrogens with one attached hydrogen (secondary N) is 1. The minimum atomic E-state index is -0.405. The molecule has 3 N–H and O–H groups in total. The Kier molecular flexibility index (Phi) is 6.52. The van der Waals surface area contributed by atoms with E-state index in [2.05, 4.69) is 17.2 Å². The highest BCUT2D eigenvalue weighted by Gasteiger charge is 2.51. The van der Waals surface area contributed by atoms with Crippen LogP contribution < -0.4 is 16.5 Å². The first kappa shape index (κ1) is 24.0. The number of carbonyl (C=O) groups is 1. The van der Waals surface area contributed by atoms with E-state index in [4.69, 9.17) is 15.0 Å². The van der Waals surface area contributed by atoms with Gasteiger partial charge in [-0.25, -0.2) is 0 Å². The van der Waals surface area contributed by atoms with E-state index >= 15 is 0 Å². The van der Waals surface area contributed by atoms with Crippen LogP contribution >= 0.6 is 0 Å². The van der Waals surface area contributed by atoms with Crippen molar-refractivity contribution >= 4 is 29.9 Å². The normalized spacial score (nSPS) is 16.4. The molecule has 0 saturated carbocycles. The van der Waals surface area contributed by atoms with Crippen molar-refractivity contribution < 1.29 is 14.1 Å². The maximum absolute atomic E-state index is 12.7. The van der Waals surface area contributed by atoms with Crippen LogP contribution in [0, 0.1) is 0 Å². The summed E-state index contributed by atoms with van der Waals surface area (Å²) in [6.45, 7) is 10.3. The standard InChI is InChI=1S/C27H32BN3O3/c1-6-7-22-14-10-20(17-30-22)25(32)31-24-16-19(11-15-23(24)29)18-8-12-21(13-9-18)28-33-26(2,3)27(4,5)34-28/h8-17H,6-7,29H2,1-5H3,(H,31,32). The van der Waals surface area contributed by atoms with Crippen molar-refractivity contribution in [3.63, 3.8) is 0 Å². The van der Waals surface area contributed by atoms with Crippen molar-refractivity contribution in [3.05, 3.63) is 72.1 Å². The molecule has 1 aliphatic rings. The van der Waals surface area contributed by atoms with Gasteiger partial charge in [0.25, 0.3) is 5.91 Å². The van der Waals surface area contributed by atoms with E-state index < -0.39 is 7.12 Å². The first-order valence-corrected chi connectivity index (χ1v) is 11.7. The lowest BCUT2D eigenvalue weighted by atomic mass is 9.78. The van der Waals surface area contributed by atoms with Gasteiger partial charge in [0.15, 0.2) is 0 Å². The van der Waals surface area contributed by atoms with Gasteiger partial charge in [0.2, 0.25) is 0 Å². The van der Waals surface area contributed by atoms with E-state index in [9.17, 15) is 4.79 Å². The molecule has 1 fully saturated rings. The summed E-state index contributed by atoms with van der Waals surface area (Å²) < 4.78 is 12.3. The summed E-state index contributed by atoms with van der Waals surface area (Å²) in [6, 6.07) is 17.4. The minimum Gasteiger partial charge on any atom is -0.399 e. The topological polar surface area (TPSA) is 86.5 Å². The summed E-state index contributed by atoms with van der Waals surface area (Å²) in [5.74, 6) is -0.240. The predicted octanol–water partition coefficient (Wildman–Crippen LogP) is 4.83. The Hall–Kier alpha value is -3.16. The highest BCUT2D eigenvalue weighted by Crippen LogP contribution is 2.36. The zero-order valence-corrected chi connectivity index (χ0v) is 20.5. The van der Waals surface area contributed by atoms with Crippen LogP contribution in [-0.4, -0.2) is 29.2 Å². The molecule has 0 atom stereocenters. The van der Waals surface area contributed by atoms with Crippen molar-refractivity contribution in [2.45, 2.75) is 58.7 Å². The molecule has 2 heterocycles. The quantitative estimate of drug-likeness (QED) is 0.409. The molecule has 1 saturated heterocycles. The number of aryl methyl sites for hydroxylation is 1. The number of benzene rings is 2. The molecular weight excluding hydrogens is 425 g/mol. The number of carbonyl (C=O) groups excluding carboxylic acids is 1. The van der Waals surface area contributed by atoms with Gasteiger partial charge in [0.1, 0.15) is 0 Å². The average Bonchev–Trinajstić information content (AvgIpc) is 3.03. The Balaban J connectivity index is 1.50. The molecular formula is C27H32BN3O3. The second kappa shape index (κ2) is 9.24. The van der Waals surface area contributed by atoms with Gasteiger partial charge in [-0.1, -0.05) is 43.7 Å². The van der Waals surface area contributed by atoms with Crippen molar-refractivity contribution in [2.24, 2.45) is 0 Å². The number of nitrogens with two attached hydrogens (primary N) is 1. The number of amides is 1. The highest BCUT2D eigenvalue weighted by atomic mass is 16.7. The Morgan fingerprint density at radius 1 is 0.971 bits per heavy atom. The summed E-state index contributed by atoms with van der Waals surface area (Å²) in [5, 5.41) is 2.92. The molecule has 0 aliphatic carbocycles. The van der Waals surface area contributed by atoms with Crippen LogP contribution in [0.5, 0.6) is 0 Å². The van der Waals surface area contributed by atoms with Gasteiger partial charge in [-0.3, -0.25) is 9.78 Å². The summed E-state index contributed by atoms with van der Waals surface area (Å²) in [4.78, 5) is 17.1. The van der Waals surface area contributed by atoms with Crippen molar-refractivity contribution in [3.8, 4) is 11.1 Å². The number of hydrogen-bond acceptors (Lipinski definition) is 5. The van der Waals surface area contributed by atoms with Gasteiger partial charge in [0, 0.05) is 11.9 Å². The van der Waals surface area contributed by atoms with Crippen molar-refractivity contribution in [1.29, 1.82) is 0 Å². The van der Waals surface area contributed by atoms with E-state index in [0.29, 0.717) is 16.9 Å². The second-order valence-corrected chi connectivity index (χ2v) is 9.75. The molecule has 0 unspecified atom stereocenters. The number of nitrogen functional groups attached to an aromatic ring is 1. The number of nitrogens with zero attached hydrogens (tertiary/aromatic N) is 1. The maximum atomic E-state index is 12.7. The fourth-order valence-corrected chi connectivity index (χ4v) is 3.81. The van der Waals surface area contributed by atoms with Gasteiger partial charge in [-0.2, -0.15) is 0 Å². The van der Waals surface area contributed by atoms with Crippen LogP contribution in [-0.2, 0) is 15.7 Å². The Morgan fingerprint density at radius 3 is 2.21 bits per heavy atom. The molecule has 0 radical (unpaired) electrons. The maximum Gasteiger partial charge on any atom is 0.494 e. The van der Waals surface area contributed by atoms with Crippen LogP contribution in [0.15, 0.2) is 60.8 Å². The van der Waals surface area contributed by atoms with E-state index in [1.807, 2.05) is 70.2 Å². The zero-order chi connectivity index (χ0) is 24.5. The molecule has 3 aromatic rings. The molecule has 0 spiro atoms. The van der Waals surface area contributed by atoms with E-state index in [1.54, 1.807) is 18.3 Å². The first-order valence-electron chi connectivity index (χ1n) is 11.7. The summed E-state index contributed by atoms with van der Waals surface area (Å²) in [6.07, 6.45) is 3.51. The summed E-state index contributed by atoms with van der Waals surface area (Å²) >= 11 is 0. The smallest absolute Gasteiger partial charge is 0.399 e. The molecule has 34 heavy (non-hydrogen) atoms. The lowest BCUT2D eigenvalue weighted by molar-refractivity contribution is 0.00578. The summed E-state index contributed by atoms with van der Waals surface area (Å²) in [5.41, 5.74) is 10.8. The Morgan fingerprint density at radius 2 is 1.62 bits per heavy atom.